The molecule has 2 nitrogen and oxygen atoms in total. The van der Waals surface area contributed by atoms with Gasteiger partial charge in [-0.1, -0.05) is 54.6 Å². The molecule has 0 aliphatic heterocycles. The highest BCUT2D eigenvalue weighted by Crippen LogP contribution is 2.17. The number of hydrogen-bond donors (Lipinski definition) is 0. The molecule has 21 heavy (non-hydrogen) atoms. The molecule has 0 radical (unpaired) electrons. The number of carbonyl (C=O) groups excluding carboxylic acids is 1. The van der Waals surface area contributed by atoms with E-state index in [2.05, 4.69) is 12.0 Å². The van der Waals surface area contributed by atoms with Crippen molar-refractivity contribution in [2.75, 3.05) is 0 Å². The summed E-state index contributed by atoms with van der Waals surface area (Å²) in [5.41, 5.74) is 1.33. The Bertz CT molecular complexity index is 834. The number of esters is 1. The fourth-order valence-electron chi connectivity index (χ4n) is 2.09. The average molecular weight is 272 g/mol. The van der Waals surface area contributed by atoms with E-state index in [1.165, 1.54) is 0 Å². The maximum absolute atomic E-state index is 11.8. The first-order valence-corrected chi connectivity index (χ1v) is 6.59. The van der Waals surface area contributed by atoms with E-state index in [1.807, 2.05) is 48.5 Å². The third kappa shape index (κ3) is 2.93. The second-order valence-corrected chi connectivity index (χ2v) is 4.51. The highest BCUT2D eigenvalue weighted by atomic mass is 16.5. The van der Waals surface area contributed by atoms with Gasteiger partial charge in [-0.05, 0) is 34.9 Å². The van der Waals surface area contributed by atoms with E-state index >= 15 is 0 Å². The molecule has 3 aromatic rings. The van der Waals surface area contributed by atoms with Crippen LogP contribution in [0.4, 0.5) is 0 Å². The van der Waals surface area contributed by atoms with Gasteiger partial charge in [-0.2, -0.15) is 0 Å². The van der Waals surface area contributed by atoms with Crippen LogP contribution >= 0.6 is 0 Å². The van der Waals surface area contributed by atoms with Gasteiger partial charge < -0.3 is 4.74 Å². The first-order valence-electron chi connectivity index (χ1n) is 6.59. The van der Waals surface area contributed by atoms with Crippen molar-refractivity contribution in [1.82, 2.24) is 0 Å². The largest absolute Gasteiger partial charge is 0.368 e. The fourth-order valence-corrected chi connectivity index (χ4v) is 2.09. The topological polar surface area (TPSA) is 26.3 Å². The zero-order valence-corrected chi connectivity index (χ0v) is 11.2. The van der Waals surface area contributed by atoms with Crippen LogP contribution < -0.4 is 0 Å². The highest BCUT2D eigenvalue weighted by Gasteiger charge is 2.04. The molecule has 2 heteroatoms. The summed E-state index contributed by atoms with van der Waals surface area (Å²) in [5.74, 6) is 2.45. The molecule has 0 atom stereocenters. The first-order chi connectivity index (χ1) is 10.3. The number of fused-ring (bicyclic) bond motifs is 1. The zero-order valence-electron chi connectivity index (χ0n) is 11.2. The van der Waals surface area contributed by atoms with Gasteiger partial charge >= 0.3 is 5.97 Å². The minimum atomic E-state index is -0.441. The van der Waals surface area contributed by atoms with Crippen LogP contribution in [0.3, 0.4) is 0 Å². The Morgan fingerprint density at radius 3 is 2.38 bits per heavy atom. The van der Waals surface area contributed by atoms with E-state index in [0.717, 1.165) is 16.3 Å². The summed E-state index contributed by atoms with van der Waals surface area (Å²) >= 11 is 0. The van der Waals surface area contributed by atoms with Crippen molar-refractivity contribution in [1.29, 1.82) is 0 Å². The lowest BCUT2D eigenvalue weighted by atomic mass is 10.1. The third-order valence-electron chi connectivity index (χ3n) is 3.13. The average Bonchev–Trinajstić information content (AvgIpc) is 2.56. The molecule has 0 unspecified atom stereocenters. The van der Waals surface area contributed by atoms with Crippen molar-refractivity contribution in [3.05, 3.63) is 83.9 Å². The van der Waals surface area contributed by atoms with Gasteiger partial charge in [0.2, 0.25) is 0 Å². The Kier molecular flexibility index (Phi) is 3.66. The van der Waals surface area contributed by atoms with Crippen molar-refractivity contribution < 1.29 is 9.53 Å². The molecule has 0 N–H and O–H groups in total. The second kappa shape index (κ2) is 5.94. The molecule has 0 aliphatic rings. The summed E-state index contributed by atoms with van der Waals surface area (Å²) in [7, 11) is 0. The first kappa shape index (κ1) is 13.0. The number of rotatable bonds is 1. The van der Waals surface area contributed by atoms with Crippen molar-refractivity contribution in [3.63, 3.8) is 0 Å². The summed E-state index contributed by atoms with van der Waals surface area (Å²) in [5, 5.41) is 2.15. The van der Waals surface area contributed by atoms with E-state index in [4.69, 9.17) is 4.74 Å². The lowest BCUT2D eigenvalue weighted by molar-refractivity contribution is 0.0690. The standard InChI is InChI=1S/C19H12O2/c20-19(17-8-2-1-3-9-17)21-14-13-16-11-6-10-15-7-4-5-12-18(15)16/h1-12H. The third-order valence-corrected chi connectivity index (χ3v) is 3.13. The van der Waals surface area contributed by atoms with Gasteiger partial charge in [-0.25, -0.2) is 4.79 Å². The van der Waals surface area contributed by atoms with Crippen LogP contribution in [0.15, 0.2) is 72.8 Å². The molecule has 100 valence electrons. The molecule has 0 heterocycles. The van der Waals surface area contributed by atoms with Crippen molar-refractivity contribution >= 4 is 16.7 Å². The SMILES string of the molecule is O=C(OC#Cc1cccc2ccccc12)c1ccccc1. The lowest BCUT2D eigenvalue weighted by Crippen LogP contribution is -1.99. The molecule has 0 bridgehead atoms. The predicted octanol–water partition coefficient (Wildman–Crippen LogP) is 4.01. The summed E-state index contributed by atoms with van der Waals surface area (Å²) < 4.78 is 4.98. The van der Waals surface area contributed by atoms with Crippen molar-refractivity contribution in [2.24, 2.45) is 0 Å². The Morgan fingerprint density at radius 2 is 1.52 bits per heavy atom. The van der Waals surface area contributed by atoms with Gasteiger partial charge in [0.15, 0.2) is 0 Å². The predicted molar refractivity (Wildman–Crippen MR) is 82.7 cm³/mol. The second-order valence-electron chi connectivity index (χ2n) is 4.51. The van der Waals surface area contributed by atoms with Crippen LogP contribution in [0.5, 0.6) is 0 Å². The maximum atomic E-state index is 11.8. The minimum Gasteiger partial charge on any atom is -0.368 e. The molecule has 0 amide bonds. The number of carbonyl (C=O) groups is 1. The zero-order chi connectivity index (χ0) is 14.5. The van der Waals surface area contributed by atoms with Gasteiger partial charge in [0.05, 0.1) is 5.56 Å². The molecular formula is C19H12O2. The lowest BCUT2D eigenvalue weighted by Gasteiger charge is -1.99. The molecule has 0 saturated carbocycles. The Morgan fingerprint density at radius 1 is 0.810 bits per heavy atom. The van der Waals surface area contributed by atoms with E-state index in [9.17, 15) is 4.79 Å². The van der Waals surface area contributed by atoms with E-state index in [0.29, 0.717) is 5.56 Å². The van der Waals surface area contributed by atoms with Crippen LogP contribution in [-0.4, -0.2) is 5.97 Å². The molecule has 0 spiro atoms. The Labute approximate surface area is 123 Å². The molecular weight excluding hydrogens is 260 g/mol. The fraction of sp³-hybridized carbons (Fsp3) is 0. The van der Waals surface area contributed by atoms with Gasteiger partial charge in [0.1, 0.15) is 6.11 Å². The molecule has 3 aromatic carbocycles. The maximum Gasteiger partial charge on any atom is 0.352 e. The highest BCUT2D eigenvalue weighted by molar-refractivity contribution is 5.90. The summed E-state index contributed by atoms with van der Waals surface area (Å²) in [6, 6.07) is 22.6. The number of ether oxygens (including phenoxy) is 1. The summed E-state index contributed by atoms with van der Waals surface area (Å²) in [4.78, 5) is 11.8. The van der Waals surface area contributed by atoms with Crippen molar-refractivity contribution in [3.8, 4) is 12.0 Å². The Balaban J connectivity index is 1.82. The molecule has 0 fully saturated rings. The molecule has 0 aromatic heterocycles. The van der Waals surface area contributed by atoms with Gasteiger partial charge in [0, 0.05) is 5.56 Å². The van der Waals surface area contributed by atoms with Crippen LogP contribution in [0.25, 0.3) is 10.8 Å². The van der Waals surface area contributed by atoms with Crippen molar-refractivity contribution in [2.45, 2.75) is 0 Å². The Hall–Kier alpha value is -3.05. The van der Waals surface area contributed by atoms with Gasteiger partial charge in [-0.15, -0.1) is 0 Å². The number of benzene rings is 3. The van der Waals surface area contributed by atoms with Crippen LogP contribution in [0.1, 0.15) is 15.9 Å². The number of hydrogen-bond acceptors (Lipinski definition) is 2. The van der Waals surface area contributed by atoms with Gasteiger partial charge in [0.25, 0.3) is 0 Å². The van der Waals surface area contributed by atoms with E-state index < -0.39 is 5.97 Å². The van der Waals surface area contributed by atoms with Gasteiger partial charge in [-0.3, -0.25) is 0 Å². The van der Waals surface area contributed by atoms with E-state index in [-0.39, 0.29) is 0 Å². The summed E-state index contributed by atoms with van der Waals surface area (Å²) in [6.45, 7) is 0. The monoisotopic (exact) mass is 272 g/mol. The minimum absolute atomic E-state index is 0.441. The quantitative estimate of drug-likeness (QED) is 0.494. The smallest absolute Gasteiger partial charge is 0.352 e. The normalized spacial score (nSPS) is 9.71. The molecule has 3 rings (SSSR count). The van der Waals surface area contributed by atoms with Crippen LogP contribution in [0.2, 0.25) is 0 Å². The molecule has 0 saturated heterocycles. The van der Waals surface area contributed by atoms with Crippen LogP contribution in [0, 0.1) is 12.0 Å². The summed E-state index contributed by atoms with van der Waals surface area (Å²) in [6.07, 6.45) is 2.49. The van der Waals surface area contributed by atoms with E-state index in [1.54, 1.807) is 24.3 Å². The van der Waals surface area contributed by atoms with Crippen LogP contribution in [-0.2, 0) is 4.74 Å². The molecule has 0 aliphatic carbocycles.